The second-order valence-electron chi connectivity index (χ2n) is 13.6. The molecule has 0 spiro atoms. The lowest BCUT2D eigenvalue weighted by atomic mass is 9.67. The average Bonchev–Trinajstić information content (AvgIpc) is 3.57. The van der Waals surface area contributed by atoms with Crippen molar-refractivity contribution in [2.75, 3.05) is 19.6 Å². The third-order valence-corrected chi connectivity index (χ3v) is 10.6. The predicted octanol–water partition coefficient (Wildman–Crippen LogP) is 9.63. The van der Waals surface area contributed by atoms with Crippen LogP contribution in [0.15, 0.2) is 66.7 Å². The number of carbonyl (C=O) groups excluding carboxylic acids is 2. The number of nitrogens with one attached hydrogen (secondary N) is 2. The summed E-state index contributed by atoms with van der Waals surface area (Å²) in [6.07, 6.45) is 9.22. The highest BCUT2D eigenvalue weighted by atomic mass is 35.5. The Morgan fingerprint density at radius 1 is 0.822 bits per heavy atom. The first-order chi connectivity index (χ1) is 21.6. The summed E-state index contributed by atoms with van der Waals surface area (Å²) in [5.74, 6) is 1.65. The molecule has 3 fully saturated rings. The standard InChI is InChI=1S/C20H22ClNO2.C18H24ClNO/c1-2-11-20(12-6-13-22-20)19(23)15-9-10-17(21)18(14-15)24-16-7-4-3-5-8-16;1-13-3-4-14(11-15(13)19)16(21)18(7-9-20-10-8-18)12-17(2)5-6-17/h3-5,7-10,14,22H,2,6,11-13H2,1H3;3-4,11,20H,5-10,12H2,1-2H3. The third kappa shape index (κ3) is 8.00. The van der Waals surface area contributed by atoms with Crippen molar-refractivity contribution in [1.82, 2.24) is 10.6 Å². The van der Waals surface area contributed by atoms with E-state index in [4.69, 9.17) is 27.9 Å². The number of para-hydroxylation sites is 1. The van der Waals surface area contributed by atoms with Crippen LogP contribution in [0.5, 0.6) is 11.5 Å². The van der Waals surface area contributed by atoms with Gasteiger partial charge in [-0.2, -0.15) is 0 Å². The molecule has 0 amide bonds. The molecule has 3 aromatic rings. The van der Waals surface area contributed by atoms with Gasteiger partial charge in [0.1, 0.15) is 11.5 Å². The number of carbonyl (C=O) groups is 2. The van der Waals surface area contributed by atoms with Crippen molar-refractivity contribution in [2.24, 2.45) is 10.8 Å². The summed E-state index contributed by atoms with van der Waals surface area (Å²) in [6.45, 7) is 9.20. The van der Waals surface area contributed by atoms with Crippen molar-refractivity contribution < 1.29 is 14.3 Å². The fourth-order valence-electron chi connectivity index (χ4n) is 7.01. The summed E-state index contributed by atoms with van der Waals surface area (Å²) in [7, 11) is 0. The molecule has 2 N–H and O–H groups in total. The normalized spacial score (nSPS) is 21.4. The summed E-state index contributed by atoms with van der Waals surface area (Å²) in [5, 5.41) is 8.02. The summed E-state index contributed by atoms with van der Waals surface area (Å²) in [5.41, 5.74) is 2.23. The molecular weight excluding hydrogens is 603 g/mol. The molecule has 0 aromatic heterocycles. The van der Waals surface area contributed by atoms with E-state index in [2.05, 4.69) is 24.5 Å². The lowest BCUT2D eigenvalue weighted by Crippen LogP contribution is -2.47. The summed E-state index contributed by atoms with van der Waals surface area (Å²) in [6, 6.07) is 20.5. The predicted molar refractivity (Wildman–Crippen MR) is 184 cm³/mol. The van der Waals surface area contributed by atoms with E-state index in [1.54, 1.807) is 18.2 Å². The Morgan fingerprint density at radius 3 is 2.13 bits per heavy atom. The maximum Gasteiger partial charge on any atom is 0.182 e. The van der Waals surface area contributed by atoms with E-state index in [1.807, 2.05) is 55.5 Å². The van der Waals surface area contributed by atoms with E-state index < -0.39 is 5.54 Å². The number of rotatable bonds is 10. The molecule has 2 heterocycles. The van der Waals surface area contributed by atoms with Crippen molar-refractivity contribution in [2.45, 2.75) is 84.1 Å². The molecule has 1 atom stereocenters. The van der Waals surface area contributed by atoms with Crippen molar-refractivity contribution in [3.63, 3.8) is 0 Å². The first-order valence-electron chi connectivity index (χ1n) is 16.4. The highest BCUT2D eigenvalue weighted by molar-refractivity contribution is 6.32. The Labute approximate surface area is 278 Å². The van der Waals surface area contributed by atoms with Crippen LogP contribution in [-0.2, 0) is 0 Å². The zero-order valence-corrected chi connectivity index (χ0v) is 28.3. The highest BCUT2D eigenvalue weighted by Gasteiger charge is 2.49. The van der Waals surface area contributed by atoms with Gasteiger partial charge in [-0.25, -0.2) is 0 Å². The Balaban J connectivity index is 0.000000179. The molecule has 2 aliphatic heterocycles. The summed E-state index contributed by atoms with van der Waals surface area (Å²) < 4.78 is 5.85. The fraction of sp³-hybridized carbons (Fsp3) is 0.474. The van der Waals surface area contributed by atoms with E-state index in [0.29, 0.717) is 38.3 Å². The van der Waals surface area contributed by atoms with Crippen LogP contribution in [0.1, 0.15) is 97.9 Å². The topological polar surface area (TPSA) is 67.4 Å². The van der Waals surface area contributed by atoms with Crippen LogP contribution in [-0.4, -0.2) is 36.7 Å². The van der Waals surface area contributed by atoms with Gasteiger partial charge in [0, 0.05) is 21.6 Å². The Hall–Kier alpha value is -2.70. The molecule has 3 aromatic carbocycles. The molecule has 5 nitrogen and oxygen atoms in total. The lowest BCUT2D eigenvalue weighted by molar-refractivity contribution is 0.0655. The van der Waals surface area contributed by atoms with Crippen molar-refractivity contribution in [1.29, 1.82) is 0 Å². The molecule has 0 bridgehead atoms. The Bertz CT molecular complexity index is 1490. The molecule has 7 heteroatoms. The molecule has 1 aliphatic carbocycles. The lowest BCUT2D eigenvalue weighted by Gasteiger charge is -2.38. The molecule has 0 radical (unpaired) electrons. The Morgan fingerprint density at radius 2 is 1.51 bits per heavy atom. The number of piperidine rings is 1. The number of ether oxygens (including phenoxy) is 1. The van der Waals surface area contributed by atoms with E-state index in [9.17, 15) is 9.59 Å². The summed E-state index contributed by atoms with van der Waals surface area (Å²) >= 11 is 12.5. The number of aryl methyl sites for hydroxylation is 1. The van der Waals surface area contributed by atoms with Gasteiger partial charge in [0.25, 0.3) is 0 Å². The molecule has 240 valence electrons. The molecule has 6 rings (SSSR count). The molecule has 1 saturated carbocycles. The number of ketones is 2. The van der Waals surface area contributed by atoms with Gasteiger partial charge < -0.3 is 15.4 Å². The maximum absolute atomic E-state index is 13.2. The minimum absolute atomic E-state index is 0.136. The Kier molecular flexibility index (Phi) is 10.8. The second-order valence-corrected chi connectivity index (χ2v) is 14.4. The van der Waals surface area contributed by atoms with E-state index in [0.717, 1.165) is 75.7 Å². The van der Waals surface area contributed by atoms with Crippen LogP contribution in [0.2, 0.25) is 10.0 Å². The van der Waals surface area contributed by atoms with Gasteiger partial charge >= 0.3 is 0 Å². The molecule has 1 unspecified atom stereocenters. The average molecular weight is 650 g/mol. The van der Waals surface area contributed by atoms with Crippen LogP contribution < -0.4 is 15.4 Å². The second kappa shape index (κ2) is 14.4. The van der Waals surface area contributed by atoms with Gasteiger partial charge in [-0.05, 0) is 125 Å². The third-order valence-electron chi connectivity index (χ3n) is 9.86. The van der Waals surface area contributed by atoms with Crippen LogP contribution in [0.3, 0.4) is 0 Å². The van der Waals surface area contributed by atoms with Crippen LogP contribution >= 0.6 is 23.2 Å². The minimum atomic E-state index is -0.438. The number of hydrogen-bond acceptors (Lipinski definition) is 5. The van der Waals surface area contributed by atoms with E-state index >= 15 is 0 Å². The van der Waals surface area contributed by atoms with Gasteiger partial charge in [0.2, 0.25) is 0 Å². The molecule has 2 saturated heterocycles. The minimum Gasteiger partial charge on any atom is -0.456 e. The van der Waals surface area contributed by atoms with Crippen molar-refractivity contribution in [3.05, 3.63) is 93.5 Å². The van der Waals surface area contributed by atoms with Crippen LogP contribution in [0.25, 0.3) is 0 Å². The zero-order valence-electron chi connectivity index (χ0n) is 26.8. The van der Waals surface area contributed by atoms with E-state index in [1.165, 1.54) is 12.8 Å². The maximum atomic E-state index is 13.2. The zero-order chi connectivity index (χ0) is 32.1. The largest absolute Gasteiger partial charge is 0.456 e. The SMILES string of the molecule is CCCC1(C(=O)c2ccc(Cl)c(Oc3ccccc3)c2)CCCN1.Cc1ccc(C(=O)C2(CC3(C)CC3)CCNCC2)cc1Cl. The quantitative estimate of drug-likeness (QED) is 0.214. The number of Topliss-reactive ketones (excluding diaryl/α,β-unsaturated/α-hetero) is 2. The van der Waals surface area contributed by atoms with Gasteiger partial charge in [0.15, 0.2) is 11.6 Å². The number of hydrogen-bond donors (Lipinski definition) is 2. The van der Waals surface area contributed by atoms with E-state index in [-0.39, 0.29) is 11.2 Å². The number of benzene rings is 3. The monoisotopic (exact) mass is 648 g/mol. The van der Waals surface area contributed by atoms with Crippen LogP contribution in [0.4, 0.5) is 0 Å². The fourth-order valence-corrected chi connectivity index (χ4v) is 7.34. The summed E-state index contributed by atoms with van der Waals surface area (Å²) in [4.78, 5) is 26.3. The van der Waals surface area contributed by atoms with Gasteiger partial charge in [-0.1, -0.05) is 73.8 Å². The highest BCUT2D eigenvalue weighted by Crippen LogP contribution is 2.56. The van der Waals surface area contributed by atoms with Gasteiger partial charge in [-0.3, -0.25) is 9.59 Å². The molecule has 45 heavy (non-hydrogen) atoms. The van der Waals surface area contributed by atoms with Crippen molar-refractivity contribution >= 4 is 34.8 Å². The molecular formula is C38H46Cl2N2O3. The van der Waals surface area contributed by atoms with Crippen LogP contribution in [0, 0.1) is 17.8 Å². The van der Waals surface area contributed by atoms with Gasteiger partial charge in [-0.15, -0.1) is 0 Å². The molecule has 3 aliphatic rings. The smallest absolute Gasteiger partial charge is 0.182 e. The first kappa shape index (κ1) is 33.7. The first-order valence-corrected chi connectivity index (χ1v) is 17.2. The number of halogens is 2. The van der Waals surface area contributed by atoms with Crippen molar-refractivity contribution in [3.8, 4) is 11.5 Å². The van der Waals surface area contributed by atoms with Gasteiger partial charge in [0.05, 0.1) is 10.6 Å².